The average Bonchev–Trinajstić information content (AvgIpc) is 2.89. The first-order chi connectivity index (χ1) is 18.8. The number of hydrogen-bond donors (Lipinski definition) is 2. The summed E-state index contributed by atoms with van der Waals surface area (Å²) < 4.78 is 81.1. The molecule has 0 aliphatic carbocycles. The van der Waals surface area contributed by atoms with Crippen LogP contribution >= 0.6 is 0 Å². The molecular weight excluding hydrogens is 535 g/mol. The van der Waals surface area contributed by atoms with Crippen molar-refractivity contribution in [2.45, 2.75) is 38.0 Å². The molecule has 3 rings (SSSR count). The van der Waals surface area contributed by atoms with E-state index >= 15 is 0 Å². The van der Waals surface area contributed by atoms with Gasteiger partial charge in [-0.3, -0.25) is 0 Å². The summed E-state index contributed by atoms with van der Waals surface area (Å²) in [6.45, 7) is 1.78. The second-order valence-corrected chi connectivity index (χ2v) is 9.03. The lowest BCUT2D eigenvalue weighted by Crippen LogP contribution is -2.21. The maximum absolute atomic E-state index is 14.6. The number of ether oxygens (including phenoxy) is 3. The summed E-state index contributed by atoms with van der Waals surface area (Å²) in [7, 11) is 0. The van der Waals surface area contributed by atoms with Gasteiger partial charge in [-0.15, -0.1) is 0 Å². The Bertz CT molecular complexity index is 1290. The van der Waals surface area contributed by atoms with Crippen molar-refractivity contribution in [3.05, 3.63) is 89.5 Å². The van der Waals surface area contributed by atoms with E-state index in [0.717, 1.165) is 17.7 Å². The Labute approximate surface area is 228 Å². The molecule has 0 fully saturated rings. The maximum Gasteiger partial charge on any atom is 0.426 e. The van der Waals surface area contributed by atoms with Crippen LogP contribution in [0.4, 0.5) is 33.3 Å². The van der Waals surface area contributed by atoms with Crippen LogP contribution in [0.2, 0.25) is 0 Å². The third-order valence-corrected chi connectivity index (χ3v) is 5.72. The summed E-state index contributed by atoms with van der Waals surface area (Å²) in [6.07, 6.45) is -6.50. The fourth-order valence-electron chi connectivity index (χ4n) is 3.61. The lowest BCUT2D eigenvalue weighted by molar-refractivity contribution is -0.185. The SMILES string of the molecule is CC(COC(=O)C=Cc1ccc(C(F)(F)Oc2ccc(OCCCC(F)(F)F)cc2)cc1)c1ccc(N)cc1N. The number of nitrogens with two attached hydrogens (primary N) is 2. The minimum absolute atomic E-state index is 0.0882. The van der Waals surface area contributed by atoms with Gasteiger partial charge in [-0.1, -0.05) is 25.1 Å². The highest BCUT2D eigenvalue weighted by Crippen LogP contribution is 2.33. The molecule has 0 heterocycles. The summed E-state index contributed by atoms with van der Waals surface area (Å²) in [5.74, 6) is -0.691. The summed E-state index contributed by atoms with van der Waals surface area (Å²) in [4.78, 5) is 12.1. The minimum atomic E-state index is -4.26. The van der Waals surface area contributed by atoms with Crippen LogP contribution in [0, 0.1) is 0 Å². The number of carbonyl (C=O) groups excluding carboxylic acids is 1. The van der Waals surface area contributed by atoms with Crippen molar-refractivity contribution in [3.8, 4) is 11.5 Å². The van der Waals surface area contributed by atoms with E-state index in [1.54, 1.807) is 18.2 Å². The molecule has 11 heteroatoms. The van der Waals surface area contributed by atoms with E-state index in [1.807, 2.05) is 6.92 Å². The van der Waals surface area contributed by atoms with E-state index in [9.17, 15) is 26.7 Å². The Morgan fingerprint density at radius 1 is 0.925 bits per heavy atom. The van der Waals surface area contributed by atoms with Gasteiger partial charge in [0.1, 0.15) is 11.5 Å². The van der Waals surface area contributed by atoms with Gasteiger partial charge in [-0.05, 0) is 72.2 Å². The van der Waals surface area contributed by atoms with Crippen molar-refractivity contribution >= 4 is 23.4 Å². The van der Waals surface area contributed by atoms with Gasteiger partial charge in [0.15, 0.2) is 0 Å². The lowest BCUT2D eigenvalue weighted by atomic mass is 10.00. The number of alkyl halides is 5. The molecule has 3 aromatic rings. The largest absolute Gasteiger partial charge is 0.494 e. The third kappa shape index (κ3) is 9.48. The molecule has 3 aromatic carbocycles. The average molecular weight is 565 g/mol. The Morgan fingerprint density at radius 2 is 1.57 bits per heavy atom. The van der Waals surface area contributed by atoms with Crippen LogP contribution in [0.15, 0.2) is 72.8 Å². The zero-order valence-corrected chi connectivity index (χ0v) is 21.6. The van der Waals surface area contributed by atoms with Crippen LogP contribution in [0.5, 0.6) is 11.5 Å². The topological polar surface area (TPSA) is 96.8 Å². The van der Waals surface area contributed by atoms with E-state index < -0.39 is 30.2 Å². The van der Waals surface area contributed by atoms with Crippen molar-refractivity contribution in [3.63, 3.8) is 0 Å². The van der Waals surface area contributed by atoms with Crippen molar-refractivity contribution in [2.24, 2.45) is 0 Å². The first-order valence-electron chi connectivity index (χ1n) is 12.3. The van der Waals surface area contributed by atoms with Gasteiger partial charge < -0.3 is 25.7 Å². The van der Waals surface area contributed by atoms with E-state index in [2.05, 4.69) is 0 Å². The van der Waals surface area contributed by atoms with Crippen molar-refractivity contribution in [2.75, 3.05) is 24.7 Å². The standard InChI is InChI=1S/C29H29F5N2O4/c1-19(25-13-8-22(35)17-26(25)36)18-39-27(37)14-5-20-3-6-21(7-4-20)29(33,34)40-24-11-9-23(10-12-24)38-16-2-15-28(30,31)32/h3-14,17,19H,2,15-16,18,35-36H2,1H3. The van der Waals surface area contributed by atoms with Crippen molar-refractivity contribution in [1.82, 2.24) is 0 Å². The fourth-order valence-corrected chi connectivity index (χ4v) is 3.61. The Hall–Kier alpha value is -4.28. The van der Waals surface area contributed by atoms with Gasteiger partial charge >= 0.3 is 18.3 Å². The Morgan fingerprint density at radius 3 is 2.20 bits per heavy atom. The van der Waals surface area contributed by atoms with Gasteiger partial charge in [0, 0.05) is 29.8 Å². The molecule has 0 saturated heterocycles. The molecule has 4 N–H and O–H groups in total. The zero-order chi connectivity index (χ0) is 29.3. The summed E-state index contributed by atoms with van der Waals surface area (Å²) in [6, 6.07) is 15.4. The molecule has 0 radical (unpaired) electrons. The van der Waals surface area contributed by atoms with E-state index in [4.69, 9.17) is 25.7 Å². The first-order valence-corrected chi connectivity index (χ1v) is 12.3. The molecule has 6 nitrogen and oxygen atoms in total. The molecule has 1 unspecified atom stereocenters. The van der Waals surface area contributed by atoms with Crippen LogP contribution in [-0.4, -0.2) is 25.4 Å². The molecule has 0 bridgehead atoms. The predicted molar refractivity (Wildman–Crippen MR) is 142 cm³/mol. The summed E-state index contributed by atoms with van der Waals surface area (Å²) in [5, 5.41) is 0. The molecule has 0 amide bonds. The number of nitrogen functional groups attached to an aromatic ring is 2. The van der Waals surface area contributed by atoms with E-state index in [1.165, 1.54) is 48.6 Å². The molecule has 0 aliphatic heterocycles. The van der Waals surface area contributed by atoms with Crippen LogP contribution in [0.1, 0.15) is 42.4 Å². The highest BCUT2D eigenvalue weighted by Gasteiger charge is 2.34. The van der Waals surface area contributed by atoms with Crippen molar-refractivity contribution < 1.29 is 41.0 Å². The van der Waals surface area contributed by atoms with Gasteiger partial charge in [0.05, 0.1) is 18.8 Å². The highest BCUT2D eigenvalue weighted by molar-refractivity contribution is 5.87. The Kier molecular flexibility index (Phi) is 9.98. The molecule has 0 aromatic heterocycles. The smallest absolute Gasteiger partial charge is 0.426 e. The van der Waals surface area contributed by atoms with Gasteiger partial charge in [-0.2, -0.15) is 22.0 Å². The second kappa shape index (κ2) is 13.2. The lowest BCUT2D eigenvalue weighted by Gasteiger charge is -2.18. The van der Waals surface area contributed by atoms with E-state index in [-0.39, 0.29) is 37.1 Å². The van der Waals surface area contributed by atoms with Gasteiger partial charge in [-0.25, -0.2) is 4.79 Å². The van der Waals surface area contributed by atoms with Gasteiger partial charge in [0.2, 0.25) is 0 Å². The first kappa shape index (κ1) is 30.3. The van der Waals surface area contributed by atoms with Crippen LogP contribution in [0.25, 0.3) is 6.08 Å². The molecular formula is C29H29F5N2O4. The molecule has 40 heavy (non-hydrogen) atoms. The highest BCUT2D eigenvalue weighted by atomic mass is 19.4. The number of benzene rings is 3. The minimum Gasteiger partial charge on any atom is -0.494 e. The number of carbonyl (C=O) groups is 1. The summed E-state index contributed by atoms with van der Waals surface area (Å²) >= 11 is 0. The monoisotopic (exact) mass is 564 g/mol. The number of anilines is 2. The number of halogens is 5. The number of rotatable bonds is 12. The number of esters is 1. The molecule has 0 saturated carbocycles. The van der Waals surface area contributed by atoms with Gasteiger partial charge in [0.25, 0.3) is 0 Å². The molecule has 0 aliphatic rings. The second-order valence-electron chi connectivity index (χ2n) is 9.03. The summed E-state index contributed by atoms with van der Waals surface area (Å²) in [5.41, 5.74) is 13.5. The molecule has 0 spiro atoms. The third-order valence-electron chi connectivity index (χ3n) is 5.72. The predicted octanol–water partition coefficient (Wildman–Crippen LogP) is 7.06. The molecule has 1 atom stereocenters. The van der Waals surface area contributed by atoms with E-state index in [0.29, 0.717) is 16.9 Å². The van der Waals surface area contributed by atoms with Crippen molar-refractivity contribution in [1.29, 1.82) is 0 Å². The Balaban J connectivity index is 1.49. The van der Waals surface area contributed by atoms with Crippen LogP contribution in [-0.2, 0) is 15.6 Å². The quantitative estimate of drug-likeness (QED) is 0.0804. The zero-order valence-electron chi connectivity index (χ0n) is 21.6. The van der Waals surface area contributed by atoms with Crippen LogP contribution < -0.4 is 20.9 Å². The number of hydrogen-bond acceptors (Lipinski definition) is 6. The van der Waals surface area contributed by atoms with Crippen LogP contribution in [0.3, 0.4) is 0 Å². The molecule has 214 valence electrons. The normalized spacial score (nSPS) is 12.8. The maximum atomic E-state index is 14.6. The fraction of sp³-hybridized carbons (Fsp3) is 0.276.